The van der Waals surface area contributed by atoms with Crippen molar-refractivity contribution >= 4 is 33.2 Å². The third kappa shape index (κ3) is 7.05. The zero-order chi connectivity index (χ0) is 18.1. The normalized spacial score (nSPS) is 11.0. The van der Waals surface area contributed by atoms with Crippen molar-refractivity contribution in [3.63, 3.8) is 0 Å². The van der Waals surface area contributed by atoms with E-state index in [1.807, 2.05) is 0 Å². The van der Waals surface area contributed by atoms with Gasteiger partial charge in [0.15, 0.2) is 0 Å². The van der Waals surface area contributed by atoms with Gasteiger partial charge in [-0.2, -0.15) is 0 Å². The van der Waals surface area contributed by atoms with E-state index >= 15 is 0 Å². The van der Waals surface area contributed by atoms with E-state index in [0.717, 1.165) is 19.3 Å². The monoisotopic (exact) mass is 488 g/mol. The van der Waals surface area contributed by atoms with E-state index < -0.39 is 0 Å². The molecule has 0 saturated heterocycles. The van der Waals surface area contributed by atoms with Gasteiger partial charge in [-0.3, -0.25) is 0 Å². The lowest BCUT2D eigenvalue weighted by atomic mass is 9.69. The lowest BCUT2D eigenvalue weighted by Gasteiger charge is -2.35. The molecule has 0 spiro atoms. The van der Waals surface area contributed by atoms with Crippen molar-refractivity contribution < 1.29 is 0 Å². The van der Waals surface area contributed by atoms with Crippen LogP contribution in [-0.4, -0.2) is 6.16 Å². The summed E-state index contributed by atoms with van der Waals surface area (Å²) in [6, 6.07) is 33.0. The van der Waals surface area contributed by atoms with Crippen LogP contribution < -0.4 is 0 Å². The molecule has 3 rings (SSSR count). The van der Waals surface area contributed by atoms with Gasteiger partial charge in [-0.25, -0.2) is 0 Å². The van der Waals surface area contributed by atoms with Gasteiger partial charge in [0.1, 0.15) is 0 Å². The summed E-state index contributed by atoms with van der Waals surface area (Å²) in [6.45, 7) is 0. The molecule has 1 unspecified atom stereocenters. The third-order valence-corrected chi connectivity index (χ3v) is 5.59. The topological polar surface area (TPSA) is 0 Å². The highest BCUT2D eigenvalue weighted by molar-refractivity contribution is 14.0. The summed E-state index contributed by atoms with van der Waals surface area (Å²) < 4.78 is 0. The summed E-state index contributed by atoms with van der Waals surface area (Å²) in [5, 5.41) is 0. The fraction of sp³-hybridized carbons (Fsp3) is 0.280. The summed E-state index contributed by atoms with van der Waals surface area (Å²) in [7, 11) is 2.91. The van der Waals surface area contributed by atoms with Crippen LogP contribution in [0.2, 0.25) is 0 Å². The summed E-state index contributed by atoms with van der Waals surface area (Å²) >= 11 is 0. The van der Waals surface area contributed by atoms with Gasteiger partial charge in [0.05, 0.1) is 0 Å². The standard InChI is InChI=1S/C25H29P.HI/c26-18-10-17-25(19-22-11-4-1-5-12-22,20-23-13-6-2-7-14-23)21-24-15-8-3-9-16-24;/h1-9,11-16H,10,17-21,26H2;1H. The quantitative estimate of drug-likeness (QED) is 0.225. The number of rotatable bonds is 9. The van der Waals surface area contributed by atoms with Gasteiger partial charge < -0.3 is 0 Å². The first-order valence-electron chi connectivity index (χ1n) is 9.62. The van der Waals surface area contributed by atoms with E-state index in [9.17, 15) is 0 Å². The molecule has 0 aliphatic heterocycles. The van der Waals surface area contributed by atoms with E-state index in [1.54, 1.807) is 0 Å². The molecule has 0 saturated carbocycles. The minimum atomic E-state index is 0. The van der Waals surface area contributed by atoms with Gasteiger partial charge in [-0.05, 0) is 60.4 Å². The van der Waals surface area contributed by atoms with Crippen molar-refractivity contribution in [2.45, 2.75) is 32.1 Å². The molecule has 0 aromatic heterocycles. The maximum absolute atomic E-state index is 2.91. The lowest BCUT2D eigenvalue weighted by Crippen LogP contribution is -2.30. The van der Waals surface area contributed by atoms with Crippen LogP contribution in [0.15, 0.2) is 91.0 Å². The molecule has 0 N–H and O–H groups in total. The van der Waals surface area contributed by atoms with Gasteiger partial charge in [0, 0.05) is 0 Å². The molecule has 0 aliphatic rings. The van der Waals surface area contributed by atoms with Crippen molar-refractivity contribution in [3.05, 3.63) is 108 Å². The van der Waals surface area contributed by atoms with Crippen LogP contribution in [0, 0.1) is 5.41 Å². The second-order valence-corrected chi connectivity index (χ2v) is 7.96. The highest BCUT2D eigenvalue weighted by Crippen LogP contribution is 2.37. The Balaban J connectivity index is 0.00000261. The summed E-state index contributed by atoms with van der Waals surface area (Å²) in [6.07, 6.45) is 7.04. The molecule has 0 fully saturated rings. The summed E-state index contributed by atoms with van der Waals surface area (Å²) in [5.74, 6) is 0. The molecule has 27 heavy (non-hydrogen) atoms. The number of halogens is 1. The van der Waals surface area contributed by atoms with Crippen LogP contribution in [0.1, 0.15) is 29.5 Å². The molecule has 142 valence electrons. The minimum absolute atomic E-state index is 0. The molecule has 3 aromatic rings. The molecule has 0 nitrogen and oxygen atoms in total. The van der Waals surface area contributed by atoms with Crippen molar-refractivity contribution in [3.8, 4) is 0 Å². The van der Waals surface area contributed by atoms with Gasteiger partial charge in [0.25, 0.3) is 0 Å². The van der Waals surface area contributed by atoms with Gasteiger partial charge in [-0.1, -0.05) is 91.0 Å². The van der Waals surface area contributed by atoms with Crippen molar-refractivity contribution in [2.75, 3.05) is 6.16 Å². The van der Waals surface area contributed by atoms with Crippen LogP contribution in [-0.2, 0) is 19.3 Å². The van der Waals surface area contributed by atoms with Crippen molar-refractivity contribution in [2.24, 2.45) is 5.41 Å². The zero-order valence-corrected chi connectivity index (χ0v) is 19.4. The van der Waals surface area contributed by atoms with Gasteiger partial charge >= 0.3 is 0 Å². The summed E-state index contributed by atoms with van der Waals surface area (Å²) in [5.41, 5.74) is 4.59. The Kier molecular flexibility index (Phi) is 9.51. The predicted molar refractivity (Wildman–Crippen MR) is 132 cm³/mol. The molecular formula is C25H30IP. The first-order valence-corrected chi connectivity index (χ1v) is 10.4. The zero-order valence-electron chi connectivity index (χ0n) is 15.9. The highest BCUT2D eigenvalue weighted by Gasteiger charge is 2.30. The van der Waals surface area contributed by atoms with Gasteiger partial charge in [-0.15, -0.1) is 33.2 Å². The Hall–Kier alpha value is -1.18. The van der Waals surface area contributed by atoms with Crippen LogP contribution in [0.25, 0.3) is 0 Å². The molecule has 0 amide bonds. The molecule has 0 aliphatic carbocycles. The number of benzene rings is 3. The largest absolute Gasteiger partial charge is 0.138 e. The van der Waals surface area contributed by atoms with Crippen LogP contribution in [0.5, 0.6) is 0 Å². The first-order chi connectivity index (χ1) is 12.8. The fourth-order valence-corrected chi connectivity index (χ4v) is 4.22. The molecular weight excluding hydrogens is 458 g/mol. The molecule has 3 aromatic carbocycles. The van der Waals surface area contributed by atoms with Crippen LogP contribution >= 0.6 is 33.2 Å². The first kappa shape index (κ1) is 22.1. The predicted octanol–water partition coefficient (Wildman–Crippen LogP) is 6.97. The lowest BCUT2D eigenvalue weighted by molar-refractivity contribution is 0.252. The molecule has 0 heterocycles. The Morgan fingerprint density at radius 2 is 0.889 bits per heavy atom. The Labute approximate surface area is 184 Å². The fourth-order valence-electron chi connectivity index (χ4n) is 4.02. The van der Waals surface area contributed by atoms with E-state index in [2.05, 4.69) is 100 Å². The summed E-state index contributed by atoms with van der Waals surface area (Å²) in [4.78, 5) is 0. The minimum Gasteiger partial charge on any atom is -0.138 e. The molecule has 1 atom stereocenters. The Morgan fingerprint density at radius 1 is 0.556 bits per heavy atom. The van der Waals surface area contributed by atoms with E-state index in [0.29, 0.717) is 0 Å². The Bertz CT molecular complexity index is 655. The van der Waals surface area contributed by atoms with E-state index in [-0.39, 0.29) is 29.4 Å². The Morgan fingerprint density at radius 3 is 1.19 bits per heavy atom. The van der Waals surface area contributed by atoms with Gasteiger partial charge in [0.2, 0.25) is 0 Å². The average molecular weight is 488 g/mol. The second-order valence-electron chi connectivity index (χ2n) is 7.38. The molecule has 2 heteroatoms. The highest BCUT2D eigenvalue weighted by atomic mass is 127. The average Bonchev–Trinajstić information content (AvgIpc) is 2.69. The van der Waals surface area contributed by atoms with E-state index in [1.165, 1.54) is 35.7 Å². The molecule has 0 bridgehead atoms. The maximum atomic E-state index is 2.91. The molecule has 0 radical (unpaired) electrons. The maximum Gasteiger partial charge on any atom is -0.0176 e. The smallest absolute Gasteiger partial charge is 0.0176 e. The van der Waals surface area contributed by atoms with Crippen molar-refractivity contribution in [1.82, 2.24) is 0 Å². The number of hydrogen-bond acceptors (Lipinski definition) is 0. The second kappa shape index (κ2) is 11.6. The van der Waals surface area contributed by atoms with Crippen molar-refractivity contribution in [1.29, 1.82) is 0 Å². The number of hydrogen-bond donors (Lipinski definition) is 0. The SMILES string of the molecule is I.PCCCC(Cc1ccccc1)(Cc1ccccc1)Cc1ccccc1. The third-order valence-electron chi connectivity index (χ3n) is 5.18. The van der Waals surface area contributed by atoms with Crippen LogP contribution in [0.4, 0.5) is 0 Å². The van der Waals surface area contributed by atoms with Crippen LogP contribution in [0.3, 0.4) is 0 Å². The van der Waals surface area contributed by atoms with E-state index in [4.69, 9.17) is 0 Å².